The number of rotatable bonds is 4. The van der Waals surface area contributed by atoms with Crippen LogP contribution in [0, 0.1) is 0 Å². The van der Waals surface area contributed by atoms with Crippen molar-refractivity contribution in [3.05, 3.63) is 12.8 Å². The van der Waals surface area contributed by atoms with Crippen molar-refractivity contribution in [1.29, 1.82) is 0 Å². The second kappa shape index (κ2) is 5.54. The van der Waals surface area contributed by atoms with E-state index in [2.05, 4.69) is 15.4 Å². The van der Waals surface area contributed by atoms with E-state index < -0.39 is 15.6 Å². The molecule has 0 fully saturated rings. The van der Waals surface area contributed by atoms with Crippen molar-refractivity contribution in [2.75, 3.05) is 0 Å². The summed E-state index contributed by atoms with van der Waals surface area (Å²) in [5.41, 5.74) is 0. The van der Waals surface area contributed by atoms with Gasteiger partial charge < -0.3 is 14.3 Å². The van der Waals surface area contributed by atoms with Crippen LogP contribution in [0.1, 0.15) is 0 Å². The summed E-state index contributed by atoms with van der Waals surface area (Å²) >= 11 is 0. The molecule has 3 N–H and O–H groups in total. The van der Waals surface area contributed by atoms with Crippen LogP contribution in [0.2, 0.25) is 0 Å². The number of phosphoric acid groups is 2. The van der Waals surface area contributed by atoms with Gasteiger partial charge in [0.15, 0.2) is 0 Å². The number of hydrogen-bond acceptors (Lipinski definition) is 4. The van der Waals surface area contributed by atoms with Gasteiger partial charge in [0.25, 0.3) is 0 Å². The second-order valence-electron chi connectivity index (χ2n) is 1.31. The van der Waals surface area contributed by atoms with Crippen LogP contribution in [0.3, 0.4) is 0 Å². The van der Waals surface area contributed by atoms with Crippen LogP contribution in [0.4, 0.5) is 0 Å². The van der Waals surface area contributed by atoms with Crippen molar-refractivity contribution >= 4 is 45.2 Å². The van der Waals surface area contributed by atoms with Crippen LogP contribution < -0.4 is 0 Å². The third-order valence-corrected chi connectivity index (χ3v) is 2.51. The molecule has 0 bridgehead atoms. The molecule has 0 heterocycles. The molecule has 0 aliphatic heterocycles. The minimum atomic E-state index is -5.00. The fraction of sp³-hybridized carbons (Fsp3) is 0. The molecule has 0 radical (unpaired) electrons. The van der Waals surface area contributed by atoms with E-state index in [4.69, 9.17) is 14.7 Å². The Morgan fingerprint density at radius 2 is 1.67 bits per heavy atom. The molecule has 1 unspecified atom stereocenters. The van der Waals surface area contributed by atoms with Crippen molar-refractivity contribution in [3.63, 3.8) is 0 Å². The van der Waals surface area contributed by atoms with Crippen LogP contribution >= 0.6 is 15.6 Å². The van der Waals surface area contributed by atoms with Gasteiger partial charge >= 0.3 is 45.2 Å². The minimum absolute atomic E-state index is 0. The third kappa shape index (κ3) is 8.93. The van der Waals surface area contributed by atoms with Crippen LogP contribution in [-0.2, 0) is 18.0 Å². The van der Waals surface area contributed by atoms with Gasteiger partial charge in [0.2, 0.25) is 0 Å². The van der Waals surface area contributed by atoms with Gasteiger partial charge in [0.1, 0.15) is 0 Å². The quantitative estimate of drug-likeness (QED) is 0.344. The Balaban J connectivity index is 0. The van der Waals surface area contributed by atoms with E-state index in [-0.39, 0.29) is 29.6 Å². The molecule has 12 heavy (non-hydrogen) atoms. The van der Waals surface area contributed by atoms with Crippen molar-refractivity contribution in [2.24, 2.45) is 0 Å². The summed E-state index contributed by atoms with van der Waals surface area (Å²) in [6, 6.07) is 0. The molecule has 0 aliphatic carbocycles. The molecule has 0 aliphatic rings. The molecule has 0 saturated carbocycles. The SMILES string of the molecule is C=COP(=O)(O)OP(=O)(O)O.[NaH]. The summed E-state index contributed by atoms with van der Waals surface area (Å²) in [7, 11) is -9.70. The molecule has 0 saturated heterocycles. The molecule has 0 aromatic heterocycles. The van der Waals surface area contributed by atoms with Gasteiger partial charge in [0.05, 0.1) is 6.26 Å². The van der Waals surface area contributed by atoms with Gasteiger partial charge in [-0.25, -0.2) is 9.13 Å². The molecular formula is C2H7NaO7P2. The first-order valence-electron chi connectivity index (χ1n) is 2.16. The average molecular weight is 228 g/mol. The Kier molecular flexibility index (Phi) is 7.08. The first kappa shape index (κ1) is 15.3. The van der Waals surface area contributed by atoms with Gasteiger partial charge in [-0.15, -0.1) is 0 Å². The molecule has 10 heteroatoms. The molecule has 68 valence electrons. The fourth-order valence-corrected chi connectivity index (χ4v) is 1.67. The van der Waals surface area contributed by atoms with Crippen molar-refractivity contribution in [3.8, 4) is 0 Å². The van der Waals surface area contributed by atoms with Gasteiger partial charge in [-0.05, 0) is 0 Å². The zero-order chi connectivity index (χ0) is 9.12. The van der Waals surface area contributed by atoms with E-state index in [1.54, 1.807) is 0 Å². The van der Waals surface area contributed by atoms with E-state index in [1.807, 2.05) is 0 Å². The molecule has 0 aromatic carbocycles. The first-order valence-corrected chi connectivity index (χ1v) is 5.18. The Morgan fingerprint density at radius 3 is 1.92 bits per heavy atom. The summed E-state index contributed by atoms with van der Waals surface area (Å²) in [6.07, 6.45) is 0.538. The van der Waals surface area contributed by atoms with Crippen molar-refractivity contribution in [1.82, 2.24) is 0 Å². The average Bonchev–Trinajstić information content (AvgIpc) is 1.55. The van der Waals surface area contributed by atoms with E-state index >= 15 is 0 Å². The third-order valence-electron chi connectivity index (χ3n) is 0.417. The molecule has 0 aromatic rings. The summed E-state index contributed by atoms with van der Waals surface area (Å²) in [6.45, 7) is 2.89. The molecular weight excluding hydrogens is 221 g/mol. The van der Waals surface area contributed by atoms with Crippen molar-refractivity contribution in [2.45, 2.75) is 0 Å². The predicted molar refractivity (Wildman–Crippen MR) is 41.4 cm³/mol. The zero-order valence-electron chi connectivity index (χ0n) is 5.15. The fourth-order valence-electron chi connectivity index (χ4n) is 0.248. The summed E-state index contributed by atoms with van der Waals surface area (Å²) in [5.74, 6) is 0. The van der Waals surface area contributed by atoms with Gasteiger partial charge in [-0.1, -0.05) is 6.58 Å². The van der Waals surface area contributed by atoms with Crippen molar-refractivity contribution < 1.29 is 32.6 Å². The maximum atomic E-state index is 10.4. The normalized spacial score (nSPS) is 15.6. The summed E-state index contributed by atoms with van der Waals surface area (Å²) < 4.78 is 27.4. The Labute approximate surface area is 90.5 Å². The first-order chi connectivity index (χ1) is 4.77. The van der Waals surface area contributed by atoms with Gasteiger partial charge in [-0.2, -0.15) is 4.31 Å². The van der Waals surface area contributed by atoms with Crippen LogP contribution in [-0.4, -0.2) is 44.2 Å². The molecule has 0 amide bonds. The van der Waals surface area contributed by atoms with Crippen LogP contribution in [0.5, 0.6) is 0 Å². The number of hydrogen-bond donors (Lipinski definition) is 3. The Hall–Kier alpha value is 0.840. The monoisotopic (exact) mass is 228 g/mol. The van der Waals surface area contributed by atoms with E-state index in [1.165, 1.54) is 0 Å². The van der Waals surface area contributed by atoms with E-state index in [0.29, 0.717) is 6.26 Å². The summed E-state index contributed by atoms with van der Waals surface area (Å²) in [5, 5.41) is 0. The topological polar surface area (TPSA) is 113 Å². The van der Waals surface area contributed by atoms with Crippen LogP contribution in [0.15, 0.2) is 12.8 Å². The van der Waals surface area contributed by atoms with Gasteiger partial charge in [-0.3, -0.25) is 4.89 Å². The standard InChI is InChI=1S/C2H6O7P2.Na.H/c1-2-8-11(6,7)9-10(3,4)5;;/h2H,1H2,(H,6,7)(H2,3,4,5);;. The zero-order valence-corrected chi connectivity index (χ0v) is 6.94. The van der Waals surface area contributed by atoms with E-state index in [0.717, 1.165) is 0 Å². The Morgan fingerprint density at radius 1 is 1.25 bits per heavy atom. The van der Waals surface area contributed by atoms with Gasteiger partial charge in [0, 0.05) is 0 Å². The van der Waals surface area contributed by atoms with E-state index in [9.17, 15) is 9.13 Å². The number of phosphoric ester groups is 1. The Bertz CT molecular complexity index is 232. The molecule has 7 nitrogen and oxygen atoms in total. The maximum absolute atomic E-state index is 10.4. The molecule has 0 rings (SSSR count). The second-order valence-corrected chi connectivity index (χ2v) is 4.10. The molecule has 1 atom stereocenters. The molecule has 0 spiro atoms. The summed E-state index contributed by atoms with van der Waals surface area (Å²) in [4.78, 5) is 24.4. The predicted octanol–water partition coefficient (Wildman–Crippen LogP) is -0.292. The van der Waals surface area contributed by atoms with Crippen LogP contribution in [0.25, 0.3) is 0 Å².